The Labute approximate surface area is 117 Å². The second-order valence-corrected chi connectivity index (χ2v) is 5.31. The molecular weight excluding hydrogens is 254 g/mol. The molecule has 5 nitrogen and oxygen atoms in total. The lowest BCUT2D eigenvalue weighted by Crippen LogP contribution is -2.22. The molecule has 3 N–H and O–H groups in total. The Balaban J connectivity index is 2.10. The van der Waals surface area contributed by atoms with Crippen molar-refractivity contribution in [2.45, 2.75) is 37.7 Å². The lowest BCUT2D eigenvalue weighted by Gasteiger charge is -2.28. The van der Waals surface area contributed by atoms with Gasteiger partial charge >= 0.3 is 0 Å². The topological polar surface area (TPSA) is 89.1 Å². The average molecular weight is 271 g/mol. The fourth-order valence-electron chi connectivity index (χ4n) is 3.04. The quantitative estimate of drug-likeness (QED) is 0.870. The maximum Gasteiger partial charge on any atom is 0.269 e. The largest absolute Gasteiger partial charge is 0.392 e. The third-order valence-corrected chi connectivity index (χ3v) is 4.05. The lowest BCUT2D eigenvalue weighted by molar-refractivity contribution is 0.0996. The van der Waals surface area contributed by atoms with Crippen LogP contribution in [0.5, 0.6) is 0 Å². The van der Waals surface area contributed by atoms with Crippen LogP contribution in [0.15, 0.2) is 24.3 Å². The zero-order valence-corrected chi connectivity index (χ0v) is 11.1. The van der Waals surface area contributed by atoms with Gasteiger partial charge in [-0.15, -0.1) is 10.2 Å². The molecule has 2 unspecified atom stereocenters. The summed E-state index contributed by atoms with van der Waals surface area (Å²) in [5.74, 6) is -0.523. The van der Waals surface area contributed by atoms with Crippen molar-refractivity contribution in [3.8, 4) is 11.3 Å². The number of nitrogens with zero attached hydrogens (tertiary/aromatic N) is 2. The van der Waals surface area contributed by atoms with Crippen molar-refractivity contribution in [1.29, 1.82) is 0 Å². The molecule has 0 bridgehead atoms. The van der Waals surface area contributed by atoms with Crippen LogP contribution in [0.25, 0.3) is 11.3 Å². The highest BCUT2D eigenvalue weighted by molar-refractivity contribution is 5.98. The molecule has 0 saturated heterocycles. The molecule has 1 fully saturated rings. The summed E-state index contributed by atoms with van der Waals surface area (Å²) in [6.07, 6.45) is 3.53. The first kappa shape index (κ1) is 13.0. The Bertz CT molecular complexity index is 614. The molecule has 0 aromatic heterocycles. The number of primary amides is 1. The van der Waals surface area contributed by atoms with Crippen LogP contribution in [0.4, 0.5) is 0 Å². The predicted octanol–water partition coefficient (Wildman–Crippen LogP) is 1.70. The smallest absolute Gasteiger partial charge is 0.269 e. The zero-order chi connectivity index (χ0) is 14.1. The van der Waals surface area contributed by atoms with Crippen LogP contribution in [-0.2, 0) is 0 Å². The molecule has 3 aliphatic rings. The van der Waals surface area contributed by atoms with Crippen LogP contribution in [0.3, 0.4) is 0 Å². The fraction of sp³-hybridized carbons (Fsp3) is 0.400. The summed E-state index contributed by atoms with van der Waals surface area (Å²) in [6.45, 7) is 0. The fourth-order valence-corrected chi connectivity index (χ4v) is 3.04. The molecule has 1 saturated carbocycles. The molecule has 2 aliphatic carbocycles. The van der Waals surface area contributed by atoms with Crippen molar-refractivity contribution in [2.24, 2.45) is 5.73 Å². The van der Waals surface area contributed by atoms with Gasteiger partial charge in [-0.1, -0.05) is 37.1 Å². The van der Waals surface area contributed by atoms with E-state index in [2.05, 4.69) is 10.2 Å². The van der Waals surface area contributed by atoms with E-state index in [9.17, 15) is 9.90 Å². The van der Waals surface area contributed by atoms with Gasteiger partial charge in [-0.05, 0) is 18.4 Å². The highest BCUT2D eigenvalue weighted by Gasteiger charge is 2.29. The molecule has 104 valence electrons. The van der Waals surface area contributed by atoms with Gasteiger partial charge in [-0.25, -0.2) is 0 Å². The Kier molecular flexibility index (Phi) is 3.36. The van der Waals surface area contributed by atoms with Crippen molar-refractivity contribution in [2.75, 3.05) is 0 Å². The van der Waals surface area contributed by atoms with Gasteiger partial charge in [0.25, 0.3) is 5.91 Å². The standard InChI is InChI=1S/C15H17N3O2/c16-15(20)14-11-7-2-1-6-10(13(11)17-18-14)9-5-3-4-8-12(9)19/h1-2,6-7,9,12,19H,3-5,8H2,(H2,16,20). The van der Waals surface area contributed by atoms with E-state index in [4.69, 9.17) is 5.73 Å². The van der Waals surface area contributed by atoms with Gasteiger partial charge in [0, 0.05) is 11.5 Å². The zero-order valence-electron chi connectivity index (χ0n) is 11.1. The van der Waals surface area contributed by atoms with Gasteiger partial charge in [-0.2, -0.15) is 0 Å². The third-order valence-electron chi connectivity index (χ3n) is 4.05. The molecular formula is C15H17N3O2. The highest BCUT2D eigenvalue weighted by Crippen LogP contribution is 2.38. The molecule has 0 aromatic carbocycles. The van der Waals surface area contributed by atoms with Crippen molar-refractivity contribution in [3.63, 3.8) is 0 Å². The molecule has 1 heterocycles. The second-order valence-electron chi connectivity index (χ2n) is 5.31. The number of nitrogens with two attached hydrogens (primary N) is 1. The predicted molar refractivity (Wildman–Crippen MR) is 74.4 cm³/mol. The molecule has 0 spiro atoms. The Morgan fingerprint density at radius 1 is 1.20 bits per heavy atom. The Hall–Kier alpha value is -2.01. The van der Waals surface area contributed by atoms with Gasteiger partial charge in [-0.3, -0.25) is 4.79 Å². The van der Waals surface area contributed by atoms with Crippen LogP contribution in [0, 0.1) is 0 Å². The van der Waals surface area contributed by atoms with Crippen LogP contribution in [0.1, 0.15) is 47.7 Å². The Morgan fingerprint density at radius 3 is 2.70 bits per heavy atom. The number of amides is 1. The molecule has 2 atom stereocenters. The average Bonchev–Trinajstić information content (AvgIpc) is 2.74. The number of hydrogen-bond acceptors (Lipinski definition) is 4. The summed E-state index contributed by atoms with van der Waals surface area (Å²) in [4.78, 5) is 11.4. The SMILES string of the molecule is NC(=O)c1nnc2c(C3CCCCC3O)ccccc1-2. The molecule has 3 rings (SSSR count). The van der Waals surface area contributed by atoms with Crippen molar-refractivity contribution in [1.82, 2.24) is 10.2 Å². The molecule has 5 heteroatoms. The van der Waals surface area contributed by atoms with Crippen molar-refractivity contribution < 1.29 is 9.90 Å². The molecule has 0 aromatic rings. The first-order valence-electron chi connectivity index (χ1n) is 6.91. The summed E-state index contributed by atoms with van der Waals surface area (Å²) in [5.41, 5.74) is 7.82. The number of carbonyl (C=O) groups is 1. The van der Waals surface area contributed by atoms with E-state index >= 15 is 0 Å². The number of hydrogen-bond donors (Lipinski definition) is 2. The third kappa shape index (κ3) is 2.14. The van der Waals surface area contributed by atoms with Gasteiger partial charge in [0.2, 0.25) is 0 Å². The molecule has 1 amide bonds. The van der Waals surface area contributed by atoms with Gasteiger partial charge in [0.1, 0.15) is 0 Å². The first-order valence-corrected chi connectivity index (χ1v) is 6.91. The van der Waals surface area contributed by atoms with Gasteiger partial charge in [0.05, 0.1) is 11.8 Å². The van der Waals surface area contributed by atoms with Crippen molar-refractivity contribution in [3.05, 3.63) is 35.5 Å². The monoisotopic (exact) mass is 271 g/mol. The number of fused-ring (bicyclic) bond motifs is 1. The number of rotatable bonds is 2. The number of aliphatic hydroxyl groups excluding tert-OH is 1. The van der Waals surface area contributed by atoms with Crippen LogP contribution < -0.4 is 5.73 Å². The van der Waals surface area contributed by atoms with Crippen molar-refractivity contribution >= 4 is 5.91 Å². The number of aliphatic hydroxyl groups is 1. The molecule has 1 aliphatic heterocycles. The molecule has 20 heavy (non-hydrogen) atoms. The van der Waals surface area contributed by atoms with Crippen LogP contribution in [0.2, 0.25) is 0 Å². The minimum atomic E-state index is -0.575. The maximum atomic E-state index is 11.4. The second kappa shape index (κ2) is 5.17. The highest BCUT2D eigenvalue weighted by atomic mass is 16.3. The summed E-state index contributed by atoms with van der Waals surface area (Å²) in [7, 11) is 0. The number of carbonyl (C=O) groups excluding carboxylic acids is 1. The van der Waals surface area contributed by atoms with Crippen LogP contribution >= 0.6 is 0 Å². The summed E-state index contributed by atoms with van der Waals surface area (Å²) >= 11 is 0. The lowest BCUT2D eigenvalue weighted by atomic mass is 9.81. The van der Waals surface area contributed by atoms with E-state index in [0.29, 0.717) is 11.3 Å². The van der Waals surface area contributed by atoms with E-state index in [1.807, 2.05) is 18.2 Å². The number of aromatic nitrogens is 2. The van der Waals surface area contributed by atoms with E-state index < -0.39 is 5.91 Å². The van der Waals surface area contributed by atoms with Gasteiger partial charge < -0.3 is 10.8 Å². The maximum absolute atomic E-state index is 11.4. The normalized spacial score (nSPS) is 22.9. The molecule has 0 radical (unpaired) electrons. The van der Waals surface area contributed by atoms with Crippen LogP contribution in [-0.4, -0.2) is 27.3 Å². The summed E-state index contributed by atoms with van der Waals surface area (Å²) in [5, 5.41) is 18.3. The minimum Gasteiger partial charge on any atom is -0.392 e. The van der Waals surface area contributed by atoms with Gasteiger partial charge in [0.15, 0.2) is 5.69 Å². The first-order chi connectivity index (χ1) is 9.68. The van der Waals surface area contributed by atoms with E-state index in [1.165, 1.54) is 0 Å². The van der Waals surface area contributed by atoms with E-state index in [1.54, 1.807) is 6.07 Å². The van der Waals surface area contributed by atoms with E-state index in [-0.39, 0.29) is 17.7 Å². The Morgan fingerprint density at radius 2 is 1.95 bits per heavy atom. The van der Waals surface area contributed by atoms with E-state index in [0.717, 1.165) is 31.2 Å². The minimum absolute atomic E-state index is 0.0519. The summed E-state index contributed by atoms with van der Waals surface area (Å²) in [6, 6.07) is 7.51. The summed E-state index contributed by atoms with van der Waals surface area (Å²) < 4.78 is 0.